The molecule has 0 bridgehead atoms. The predicted molar refractivity (Wildman–Crippen MR) is 176 cm³/mol. The third-order valence-electron chi connectivity index (χ3n) is 8.96. The van der Waals surface area contributed by atoms with Crippen molar-refractivity contribution in [2.45, 2.75) is 51.1 Å². The standard InChI is InChI=1S/C38H35F6NO7/c1-23-8-6-7-11-32(23)34-33(22-49-19-25-9-4-3-5-10-25)28(20-50-35(46)26-12-14-31(15-13-26)45(47)48)21-51-36(34)52-24(2)27-16-29(37(39,40)41)18-30(17-27)38(42,43)44/h3-18,24,28,33-34,36H,19-22H2,1-2H3/t24-,28+,33-,34+,36-/m1/s1. The van der Waals surface area contributed by atoms with Crippen LogP contribution in [0.15, 0.2) is 97.1 Å². The molecule has 4 aromatic carbocycles. The first-order valence-corrected chi connectivity index (χ1v) is 16.3. The second kappa shape index (κ2) is 16.3. The van der Waals surface area contributed by atoms with Crippen LogP contribution in [0.3, 0.4) is 0 Å². The quantitative estimate of drug-likeness (QED) is 0.0620. The number of esters is 1. The van der Waals surface area contributed by atoms with Gasteiger partial charge in [0, 0.05) is 29.9 Å². The highest BCUT2D eigenvalue weighted by Gasteiger charge is 2.44. The average Bonchev–Trinajstić information content (AvgIpc) is 3.11. The van der Waals surface area contributed by atoms with Gasteiger partial charge in [-0.15, -0.1) is 0 Å². The summed E-state index contributed by atoms with van der Waals surface area (Å²) in [6.07, 6.45) is -12.5. The van der Waals surface area contributed by atoms with Gasteiger partial charge in [-0.05, 0) is 66.4 Å². The maximum absolute atomic E-state index is 13.7. The number of halogens is 6. The molecule has 5 atom stereocenters. The topological polar surface area (TPSA) is 97.1 Å². The molecule has 1 heterocycles. The van der Waals surface area contributed by atoms with Crippen molar-refractivity contribution < 1.29 is 55.0 Å². The highest BCUT2D eigenvalue weighted by molar-refractivity contribution is 5.89. The fraction of sp³-hybridized carbons (Fsp3) is 0.342. The van der Waals surface area contributed by atoms with Crippen LogP contribution in [0, 0.1) is 28.9 Å². The summed E-state index contributed by atoms with van der Waals surface area (Å²) in [6, 6.07) is 22.8. The fourth-order valence-electron chi connectivity index (χ4n) is 6.18. The first-order chi connectivity index (χ1) is 24.6. The molecule has 1 saturated heterocycles. The second-order valence-electron chi connectivity index (χ2n) is 12.5. The molecule has 0 radical (unpaired) electrons. The lowest BCUT2D eigenvalue weighted by Crippen LogP contribution is -2.46. The fourth-order valence-corrected chi connectivity index (χ4v) is 6.18. The number of hydrogen-bond acceptors (Lipinski definition) is 7. The van der Waals surface area contributed by atoms with E-state index in [1.807, 2.05) is 55.5 Å². The molecule has 5 rings (SSSR count). The van der Waals surface area contributed by atoms with Gasteiger partial charge in [0.2, 0.25) is 0 Å². The Morgan fingerprint density at radius 2 is 1.50 bits per heavy atom. The Labute approximate surface area is 295 Å². The van der Waals surface area contributed by atoms with Crippen molar-refractivity contribution in [1.29, 1.82) is 0 Å². The summed E-state index contributed by atoms with van der Waals surface area (Å²) in [5, 5.41) is 11.0. The van der Waals surface area contributed by atoms with Gasteiger partial charge in [-0.2, -0.15) is 26.3 Å². The Morgan fingerprint density at radius 1 is 0.885 bits per heavy atom. The molecule has 1 fully saturated rings. The molecule has 1 aliphatic rings. The third kappa shape index (κ3) is 9.55. The monoisotopic (exact) mass is 731 g/mol. The third-order valence-corrected chi connectivity index (χ3v) is 8.96. The number of aryl methyl sites for hydroxylation is 1. The number of carbonyl (C=O) groups excluding carboxylic acids is 1. The molecular weight excluding hydrogens is 696 g/mol. The Kier molecular flexibility index (Phi) is 12.0. The van der Waals surface area contributed by atoms with Crippen molar-refractivity contribution >= 4 is 11.7 Å². The van der Waals surface area contributed by atoms with Gasteiger partial charge < -0.3 is 18.9 Å². The van der Waals surface area contributed by atoms with Crippen LogP contribution in [0.25, 0.3) is 0 Å². The molecule has 1 aliphatic heterocycles. The number of hydrogen-bond donors (Lipinski definition) is 0. The van der Waals surface area contributed by atoms with Crippen LogP contribution in [-0.4, -0.2) is 37.0 Å². The Balaban J connectivity index is 1.46. The van der Waals surface area contributed by atoms with Crippen molar-refractivity contribution in [2.24, 2.45) is 11.8 Å². The van der Waals surface area contributed by atoms with Crippen molar-refractivity contribution in [3.63, 3.8) is 0 Å². The molecule has 8 nitrogen and oxygen atoms in total. The van der Waals surface area contributed by atoms with E-state index in [2.05, 4.69) is 0 Å². The highest BCUT2D eigenvalue weighted by atomic mass is 19.4. The number of alkyl halides is 6. The van der Waals surface area contributed by atoms with Crippen LogP contribution in [-0.2, 0) is 37.9 Å². The maximum atomic E-state index is 13.7. The molecule has 0 amide bonds. The number of ether oxygens (including phenoxy) is 4. The average molecular weight is 732 g/mol. The zero-order chi connectivity index (χ0) is 37.6. The minimum absolute atomic E-state index is 0.0616. The van der Waals surface area contributed by atoms with Crippen LogP contribution in [0.4, 0.5) is 32.0 Å². The highest BCUT2D eigenvalue weighted by Crippen LogP contribution is 2.44. The van der Waals surface area contributed by atoms with Gasteiger partial charge in [0.25, 0.3) is 5.69 Å². The van der Waals surface area contributed by atoms with Gasteiger partial charge in [0.05, 0.1) is 54.1 Å². The zero-order valence-corrected chi connectivity index (χ0v) is 28.0. The van der Waals surface area contributed by atoms with Gasteiger partial charge >= 0.3 is 18.3 Å². The molecule has 0 aromatic heterocycles. The van der Waals surface area contributed by atoms with Crippen molar-refractivity contribution in [3.05, 3.63) is 146 Å². The Morgan fingerprint density at radius 3 is 2.10 bits per heavy atom. The van der Waals surface area contributed by atoms with Crippen LogP contribution in [0.5, 0.6) is 0 Å². The lowest BCUT2D eigenvalue weighted by Gasteiger charge is -2.44. The molecule has 4 aromatic rings. The number of nitro groups is 1. The van der Waals surface area contributed by atoms with Gasteiger partial charge in [-0.25, -0.2) is 4.79 Å². The van der Waals surface area contributed by atoms with E-state index in [0.29, 0.717) is 12.1 Å². The second-order valence-corrected chi connectivity index (χ2v) is 12.5. The van der Waals surface area contributed by atoms with E-state index in [4.69, 9.17) is 18.9 Å². The Hall–Kier alpha value is -4.79. The van der Waals surface area contributed by atoms with Gasteiger partial charge in [0.1, 0.15) is 0 Å². The molecule has 0 aliphatic carbocycles. The summed E-state index contributed by atoms with van der Waals surface area (Å²) in [5.41, 5.74) is -0.950. The summed E-state index contributed by atoms with van der Waals surface area (Å²) in [4.78, 5) is 23.4. The molecule has 52 heavy (non-hydrogen) atoms. The predicted octanol–water partition coefficient (Wildman–Crippen LogP) is 9.46. The summed E-state index contributed by atoms with van der Waals surface area (Å²) < 4.78 is 106. The van der Waals surface area contributed by atoms with Crippen LogP contribution < -0.4 is 0 Å². The molecule has 0 saturated carbocycles. The number of nitro benzene ring substituents is 1. The van der Waals surface area contributed by atoms with Crippen molar-refractivity contribution in [3.8, 4) is 0 Å². The molecule has 0 N–H and O–H groups in total. The lowest BCUT2D eigenvalue weighted by molar-refractivity contribution is -0.384. The van der Waals surface area contributed by atoms with E-state index < -0.39 is 64.5 Å². The number of benzene rings is 4. The van der Waals surface area contributed by atoms with Crippen LogP contribution in [0.2, 0.25) is 0 Å². The summed E-state index contributed by atoms with van der Waals surface area (Å²) >= 11 is 0. The van der Waals surface area contributed by atoms with Gasteiger partial charge in [0.15, 0.2) is 6.29 Å². The van der Waals surface area contributed by atoms with Crippen molar-refractivity contribution in [2.75, 3.05) is 19.8 Å². The van der Waals surface area contributed by atoms with Crippen molar-refractivity contribution in [1.82, 2.24) is 0 Å². The molecule has 276 valence electrons. The van der Waals surface area contributed by atoms with Gasteiger partial charge in [-0.3, -0.25) is 10.1 Å². The summed E-state index contributed by atoms with van der Waals surface area (Å²) in [6.45, 7) is 3.28. The van der Waals surface area contributed by atoms with E-state index in [1.165, 1.54) is 31.2 Å². The maximum Gasteiger partial charge on any atom is 0.416 e. The van der Waals surface area contributed by atoms with E-state index in [0.717, 1.165) is 16.7 Å². The smallest absolute Gasteiger partial charge is 0.416 e. The first kappa shape index (κ1) is 38.4. The number of non-ortho nitro benzene ring substituents is 1. The van der Waals surface area contributed by atoms with E-state index >= 15 is 0 Å². The Bertz CT molecular complexity index is 1800. The largest absolute Gasteiger partial charge is 0.462 e. The SMILES string of the molecule is Cc1ccccc1[C@@H]1[C@@H](O[C@H](C)c2cc(C(F)(F)F)cc(C(F)(F)F)c2)OC[C@H](COC(=O)c2ccc([N+](=O)[O-])cc2)[C@H]1COCc1ccccc1. The number of nitrogens with zero attached hydrogens (tertiary/aromatic N) is 1. The van der Waals surface area contributed by atoms with E-state index in [-0.39, 0.29) is 49.3 Å². The number of carbonyl (C=O) groups is 1. The molecule has 0 spiro atoms. The van der Waals surface area contributed by atoms with E-state index in [9.17, 15) is 41.3 Å². The van der Waals surface area contributed by atoms with Crippen LogP contribution in [0.1, 0.15) is 62.7 Å². The van der Waals surface area contributed by atoms with Gasteiger partial charge in [-0.1, -0.05) is 54.6 Å². The van der Waals surface area contributed by atoms with Crippen LogP contribution >= 0.6 is 0 Å². The van der Waals surface area contributed by atoms with E-state index in [1.54, 1.807) is 6.07 Å². The summed E-state index contributed by atoms with van der Waals surface area (Å²) in [7, 11) is 0. The minimum Gasteiger partial charge on any atom is -0.462 e. The first-order valence-electron chi connectivity index (χ1n) is 16.3. The molecule has 0 unspecified atom stereocenters. The minimum atomic E-state index is -5.04. The molecule has 14 heteroatoms. The lowest BCUT2D eigenvalue weighted by atomic mass is 9.75. The molecular formula is C38H35F6NO7. The normalized spacial score (nSPS) is 19.9. The summed E-state index contributed by atoms with van der Waals surface area (Å²) in [5.74, 6) is -2.41. The zero-order valence-electron chi connectivity index (χ0n) is 28.0. The number of rotatable bonds is 12.